The molecule has 1 heterocycles. The number of hydrogen-bond donors (Lipinski definition) is 1. The van der Waals surface area contributed by atoms with Gasteiger partial charge in [0.2, 0.25) is 5.75 Å². The topological polar surface area (TPSA) is 91.3 Å². The van der Waals surface area contributed by atoms with E-state index in [0.717, 1.165) is 4.47 Å². The summed E-state index contributed by atoms with van der Waals surface area (Å²) < 4.78 is 6.40. The van der Waals surface area contributed by atoms with E-state index in [1.807, 2.05) is 6.07 Å². The van der Waals surface area contributed by atoms with E-state index in [0.29, 0.717) is 10.9 Å². The Labute approximate surface area is 124 Å². The second kappa shape index (κ2) is 5.34. The number of rotatable bonds is 4. The summed E-state index contributed by atoms with van der Waals surface area (Å²) in [6, 6.07) is 5.33. The highest BCUT2D eigenvalue weighted by molar-refractivity contribution is 9.10. The molecular formula is C13H14BrN3O3. The van der Waals surface area contributed by atoms with Crippen LogP contribution in [0, 0.1) is 10.1 Å². The lowest BCUT2D eigenvalue weighted by molar-refractivity contribution is -0.386. The van der Waals surface area contributed by atoms with E-state index >= 15 is 0 Å². The third-order valence-electron chi connectivity index (χ3n) is 2.55. The minimum Gasteiger partial charge on any atom is -0.484 e. The second-order valence-corrected chi connectivity index (χ2v) is 6.08. The van der Waals surface area contributed by atoms with Crippen LogP contribution in [0.3, 0.4) is 0 Å². The van der Waals surface area contributed by atoms with Crippen LogP contribution in [-0.2, 0) is 0 Å². The lowest BCUT2D eigenvalue weighted by atomic mass is 10.1. The van der Waals surface area contributed by atoms with E-state index in [2.05, 4.69) is 20.9 Å². The van der Waals surface area contributed by atoms with E-state index in [1.165, 1.54) is 6.20 Å². The average Bonchev–Trinajstić information content (AvgIpc) is 2.34. The maximum Gasteiger partial charge on any atom is 0.329 e. The number of benzene rings is 1. The van der Waals surface area contributed by atoms with Gasteiger partial charge in [-0.15, -0.1) is 0 Å². The standard InChI is InChI=1S/C13H14BrN3O3/c1-13(2,15)7-20-12-9-5-8(14)3-4-10(9)16-6-11(12)17(18)19/h3-6H,7,15H2,1-2H3. The van der Waals surface area contributed by atoms with Crippen molar-refractivity contribution < 1.29 is 9.66 Å². The van der Waals surface area contributed by atoms with Crippen LogP contribution in [0.5, 0.6) is 5.75 Å². The highest BCUT2D eigenvalue weighted by Gasteiger charge is 2.22. The van der Waals surface area contributed by atoms with Gasteiger partial charge in [-0.1, -0.05) is 15.9 Å². The predicted octanol–water partition coefficient (Wildman–Crippen LogP) is 3.02. The maximum absolute atomic E-state index is 11.1. The summed E-state index contributed by atoms with van der Waals surface area (Å²) in [6.07, 6.45) is 1.20. The van der Waals surface area contributed by atoms with Crippen LogP contribution in [0.25, 0.3) is 10.9 Å². The summed E-state index contributed by atoms with van der Waals surface area (Å²) in [5.74, 6) is 0.194. The Morgan fingerprint density at radius 2 is 2.20 bits per heavy atom. The monoisotopic (exact) mass is 339 g/mol. The van der Waals surface area contributed by atoms with Crippen LogP contribution in [0.2, 0.25) is 0 Å². The second-order valence-electron chi connectivity index (χ2n) is 5.17. The molecule has 0 fully saturated rings. The van der Waals surface area contributed by atoms with Crippen molar-refractivity contribution in [2.75, 3.05) is 6.61 Å². The largest absolute Gasteiger partial charge is 0.484 e. The van der Waals surface area contributed by atoms with Gasteiger partial charge in [0.25, 0.3) is 0 Å². The van der Waals surface area contributed by atoms with Gasteiger partial charge in [-0.3, -0.25) is 10.1 Å². The van der Waals surface area contributed by atoms with Crippen molar-refractivity contribution in [2.45, 2.75) is 19.4 Å². The third-order valence-corrected chi connectivity index (χ3v) is 3.04. The van der Waals surface area contributed by atoms with Crippen molar-refractivity contribution in [3.05, 3.63) is 39.0 Å². The number of hydrogen-bond acceptors (Lipinski definition) is 5. The molecule has 0 amide bonds. The zero-order chi connectivity index (χ0) is 14.9. The number of aromatic nitrogens is 1. The van der Waals surface area contributed by atoms with Gasteiger partial charge in [0, 0.05) is 10.0 Å². The van der Waals surface area contributed by atoms with Crippen molar-refractivity contribution in [3.63, 3.8) is 0 Å². The average molecular weight is 340 g/mol. The first-order valence-corrected chi connectivity index (χ1v) is 6.71. The van der Waals surface area contributed by atoms with Crippen LogP contribution < -0.4 is 10.5 Å². The normalized spacial score (nSPS) is 11.6. The Morgan fingerprint density at radius 1 is 1.50 bits per heavy atom. The van der Waals surface area contributed by atoms with Crippen LogP contribution in [-0.4, -0.2) is 22.1 Å². The van der Waals surface area contributed by atoms with E-state index in [4.69, 9.17) is 10.5 Å². The number of nitro groups is 1. The number of nitrogens with two attached hydrogens (primary N) is 1. The molecule has 7 heteroatoms. The Hall–Kier alpha value is -1.73. The molecule has 2 rings (SSSR count). The van der Waals surface area contributed by atoms with Crippen molar-refractivity contribution >= 4 is 32.5 Å². The Balaban J connectivity index is 2.58. The number of nitrogens with zero attached hydrogens (tertiary/aromatic N) is 2. The predicted molar refractivity (Wildman–Crippen MR) is 79.9 cm³/mol. The van der Waals surface area contributed by atoms with Crippen LogP contribution in [0.4, 0.5) is 5.69 Å². The molecule has 106 valence electrons. The van der Waals surface area contributed by atoms with Gasteiger partial charge in [-0.05, 0) is 32.0 Å². The van der Waals surface area contributed by atoms with Gasteiger partial charge in [0.1, 0.15) is 12.8 Å². The molecule has 0 saturated carbocycles. The summed E-state index contributed by atoms with van der Waals surface area (Å²) in [5.41, 5.74) is 5.74. The van der Waals surface area contributed by atoms with Crippen molar-refractivity contribution in [3.8, 4) is 5.75 Å². The fourth-order valence-corrected chi connectivity index (χ4v) is 2.03. The Morgan fingerprint density at radius 3 is 2.80 bits per heavy atom. The smallest absolute Gasteiger partial charge is 0.329 e. The zero-order valence-corrected chi connectivity index (χ0v) is 12.7. The third kappa shape index (κ3) is 3.23. The SMILES string of the molecule is CC(C)(N)COc1c([N+](=O)[O-])cnc2ccc(Br)cc12. The first kappa shape index (κ1) is 14.7. The van der Waals surface area contributed by atoms with Gasteiger partial charge < -0.3 is 10.5 Å². The molecule has 6 nitrogen and oxygen atoms in total. The fourth-order valence-electron chi connectivity index (χ4n) is 1.67. The van der Waals surface area contributed by atoms with Crippen molar-refractivity contribution in [1.82, 2.24) is 4.98 Å². The summed E-state index contributed by atoms with van der Waals surface area (Å²) in [6.45, 7) is 3.75. The minimum atomic E-state index is -0.588. The van der Waals surface area contributed by atoms with Crippen LogP contribution in [0.1, 0.15) is 13.8 Å². The van der Waals surface area contributed by atoms with E-state index < -0.39 is 10.5 Å². The lowest BCUT2D eigenvalue weighted by Crippen LogP contribution is -2.38. The summed E-state index contributed by atoms with van der Waals surface area (Å²) in [5, 5.41) is 11.7. The minimum absolute atomic E-state index is 0.166. The summed E-state index contributed by atoms with van der Waals surface area (Å²) >= 11 is 3.34. The quantitative estimate of drug-likeness (QED) is 0.682. The molecule has 0 bridgehead atoms. The molecule has 2 N–H and O–H groups in total. The van der Waals surface area contributed by atoms with Crippen molar-refractivity contribution in [2.24, 2.45) is 5.73 Å². The lowest BCUT2D eigenvalue weighted by Gasteiger charge is -2.19. The number of fused-ring (bicyclic) bond motifs is 1. The molecule has 0 aliphatic rings. The molecule has 0 aliphatic carbocycles. The number of pyridine rings is 1. The Kier molecular flexibility index (Phi) is 3.92. The molecule has 0 aliphatic heterocycles. The highest BCUT2D eigenvalue weighted by Crippen LogP contribution is 2.35. The van der Waals surface area contributed by atoms with E-state index in [-0.39, 0.29) is 18.0 Å². The molecular weight excluding hydrogens is 326 g/mol. The number of ether oxygens (including phenoxy) is 1. The summed E-state index contributed by atoms with van der Waals surface area (Å²) in [7, 11) is 0. The molecule has 0 radical (unpaired) electrons. The molecule has 0 atom stereocenters. The number of halogens is 1. The molecule has 1 aromatic heterocycles. The maximum atomic E-state index is 11.1. The fraction of sp³-hybridized carbons (Fsp3) is 0.308. The molecule has 20 heavy (non-hydrogen) atoms. The van der Waals surface area contributed by atoms with Gasteiger partial charge in [0.15, 0.2) is 0 Å². The molecule has 2 aromatic rings. The molecule has 0 unspecified atom stereocenters. The van der Waals surface area contributed by atoms with Crippen molar-refractivity contribution in [1.29, 1.82) is 0 Å². The van der Waals surface area contributed by atoms with Gasteiger partial charge in [-0.2, -0.15) is 0 Å². The Bertz CT molecular complexity index is 668. The van der Waals surface area contributed by atoms with Gasteiger partial charge in [-0.25, -0.2) is 4.98 Å². The molecule has 1 aromatic carbocycles. The van der Waals surface area contributed by atoms with E-state index in [9.17, 15) is 10.1 Å². The van der Waals surface area contributed by atoms with E-state index in [1.54, 1.807) is 26.0 Å². The van der Waals surface area contributed by atoms with Crippen LogP contribution in [0.15, 0.2) is 28.9 Å². The van der Waals surface area contributed by atoms with Gasteiger partial charge >= 0.3 is 5.69 Å². The summed E-state index contributed by atoms with van der Waals surface area (Å²) in [4.78, 5) is 14.7. The molecule has 0 saturated heterocycles. The first-order chi connectivity index (χ1) is 9.28. The van der Waals surface area contributed by atoms with Gasteiger partial charge in [0.05, 0.1) is 15.8 Å². The highest BCUT2D eigenvalue weighted by atomic mass is 79.9. The van der Waals surface area contributed by atoms with Crippen LogP contribution >= 0.6 is 15.9 Å². The first-order valence-electron chi connectivity index (χ1n) is 5.92. The molecule has 0 spiro atoms. The zero-order valence-electron chi connectivity index (χ0n) is 11.1.